The Morgan fingerprint density at radius 1 is 1.10 bits per heavy atom. The average molecular weight is 315 g/mol. The van der Waals surface area contributed by atoms with E-state index in [4.69, 9.17) is 5.84 Å². The van der Waals surface area contributed by atoms with Crippen molar-refractivity contribution in [1.82, 2.24) is 9.97 Å². The van der Waals surface area contributed by atoms with E-state index in [1.54, 1.807) is 12.3 Å². The molecule has 0 saturated carbocycles. The third kappa shape index (κ3) is 3.99. The molecule has 4 N–H and O–H groups in total. The second-order valence-corrected chi connectivity index (χ2v) is 4.74. The number of rotatable bonds is 4. The van der Waals surface area contributed by atoms with Crippen molar-refractivity contribution in [3.8, 4) is 0 Å². The van der Waals surface area contributed by atoms with E-state index in [1.807, 2.05) is 0 Å². The highest BCUT2D eigenvalue weighted by Gasteiger charge is 2.29. The predicted octanol–water partition coefficient (Wildman–Crippen LogP) is 3.25. The first-order valence-electron chi connectivity index (χ1n) is 5.76. The Labute approximate surface area is 123 Å². The van der Waals surface area contributed by atoms with Crippen LogP contribution in [-0.4, -0.2) is 16.2 Å². The van der Waals surface area contributed by atoms with Gasteiger partial charge in [-0.25, -0.2) is 15.8 Å². The summed E-state index contributed by atoms with van der Waals surface area (Å²) < 4.78 is 37.4. The lowest BCUT2D eigenvalue weighted by Crippen LogP contribution is -2.10. The number of aromatic nitrogens is 2. The van der Waals surface area contributed by atoms with E-state index < -0.39 is 11.7 Å². The second-order valence-electron chi connectivity index (χ2n) is 3.97. The van der Waals surface area contributed by atoms with Crippen LogP contribution in [0.15, 0.2) is 35.5 Å². The van der Waals surface area contributed by atoms with Crippen molar-refractivity contribution in [3.05, 3.63) is 35.9 Å². The molecule has 0 aliphatic rings. The van der Waals surface area contributed by atoms with Gasteiger partial charge in [0.15, 0.2) is 5.16 Å². The molecule has 0 atom stereocenters. The molecule has 0 spiro atoms. The van der Waals surface area contributed by atoms with Crippen LogP contribution in [0.3, 0.4) is 0 Å². The van der Waals surface area contributed by atoms with E-state index >= 15 is 0 Å². The molecule has 0 aliphatic carbocycles. The molecule has 0 unspecified atom stereocenters. The lowest BCUT2D eigenvalue weighted by atomic mass is 10.2. The molecule has 9 heteroatoms. The molecular formula is C12H12F3N5S. The van der Waals surface area contributed by atoms with Gasteiger partial charge in [-0.2, -0.15) is 13.2 Å². The van der Waals surface area contributed by atoms with Gasteiger partial charge in [-0.05, 0) is 30.5 Å². The van der Waals surface area contributed by atoms with Crippen LogP contribution in [0.1, 0.15) is 5.56 Å². The summed E-state index contributed by atoms with van der Waals surface area (Å²) in [5.41, 5.74) is 2.18. The van der Waals surface area contributed by atoms with Crippen LogP contribution in [0.2, 0.25) is 0 Å². The number of hydrogen-bond acceptors (Lipinski definition) is 6. The van der Waals surface area contributed by atoms with Crippen LogP contribution in [0.5, 0.6) is 0 Å². The quantitative estimate of drug-likeness (QED) is 0.348. The summed E-state index contributed by atoms with van der Waals surface area (Å²) in [6.07, 6.45) is -2.55. The first kappa shape index (κ1) is 15.4. The molecule has 21 heavy (non-hydrogen) atoms. The van der Waals surface area contributed by atoms with Crippen LogP contribution < -0.4 is 16.6 Å². The summed E-state index contributed by atoms with van der Waals surface area (Å²) >= 11 is 1.32. The van der Waals surface area contributed by atoms with Gasteiger partial charge >= 0.3 is 6.18 Å². The summed E-state index contributed by atoms with van der Waals surface area (Å²) in [4.78, 5) is 8.27. The van der Waals surface area contributed by atoms with E-state index in [2.05, 4.69) is 20.7 Å². The highest BCUT2D eigenvalue weighted by Crippen LogP contribution is 2.30. The minimum absolute atomic E-state index is 0.406. The van der Waals surface area contributed by atoms with Gasteiger partial charge in [0.05, 0.1) is 5.56 Å². The number of nitrogens with one attached hydrogen (secondary N) is 2. The number of hydrazine groups is 1. The van der Waals surface area contributed by atoms with Gasteiger partial charge in [0.1, 0.15) is 11.6 Å². The maximum atomic E-state index is 12.5. The largest absolute Gasteiger partial charge is 0.416 e. The standard InChI is InChI=1S/C12H12F3N5S/c1-21-11-18-9(6-10(19-11)20-16)17-8-4-2-7(3-5-8)12(13,14)15/h2-6H,16H2,1H3,(H2,17,18,19,20). The normalized spacial score (nSPS) is 11.3. The zero-order valence-electron chi connectivity index (χ0n) is 10.9. The Bertz CT molecular complexity index is 593. The SMILES string of the molecule is CSc1nc(NN)cc(Nc2ccc(C(F)(F)F)cc2)n1. The molecule has 2 aromatic rings. The third-order valence-corrected chi connectivity index (χ3v) is 3.07. The molecule has 1 aromatic carbocycles. The van der Waals surface area contributed by atoms with E-state index in [9.17, 15) is 13.2 Å². The molecular weight excluding hydrogens is 303 g/mol. The zero-order chi connectivity index (χ0) is 15.5. The van der Waals surface area contributed by atoms with Gasteiger partial charge in [-0.3, -0.25) is 0 Å². The second kappa shape index (κ2) is 6.19. The van der Waals surface area contributed by atoms with Gasteiger partial charge in [-0.1, -0.05) is 11.8 Å². The summed E-state index contributed by atoms with van der Waals surface area (Å²) in [5, 5.41) is 3.39. The first-order chi connectivity index (χ1) is 9.92. The fourth-order valence-electron chi connectivity index (χ4n) is 1.54. The van der Waals surface area contributed by atoms with Gasteiger partial charge in [0, 0.05) is 11.8 Å². The van der Waals surface area contributed by atoms with E-state index in [0.29, 0.717) is 22.5 Å². The molecule has 0 aliphatic heterocycles. The van der Waals surface area contributed by atoms with Crippen LogP contribution in [0.25, 0.3) is 0 Å². The van der Waals surface area contributed by atoms with E-state index in [0.717, 1.165) is 12.1 Å². The number of nitrogens with zero attached hydrogens (tertiary/aromatic N) is 2. The van der Waals surface area contributed by atoms with Crippen molar-refractivity contribution in [3.63, 3.8) is 0 Å². The fraction of sp³-hybridized carbons (Fsp3) is 0.167. The van der Waals surface area contributed by atoms with Gasteiger partial charge in [-0.15, -0.1) is 0 Å². The highest BCUT2D eigenvalue weighted by molar-refractivity contribution is 7.98. The van der Waals surface area contributed by atoms with Gasteiger partial charge in [0.25, 0.3) is 0 Å². The number of alkyl halides is 3. The Hall–Kier alpha value is -2.00. The monoisotopic (exact) mass is 315 g/mol. The van der Waals surface area contributed by atoms with Crippen molar-refractivity contribution < 1.29 is 13.2 Å². The zero-order valence-corrected chi connectivity index (χ0v) is 11.7. The Morgan fingerprint density at radius 2 is 1.71 bits per heavy atom. The number of benzene rings is 1. The van der Waals surface area contributed by atoms with Crippen LogP contribution in [0, 0.1) is 0 Å². The van der Waals surface area contributed by atoms with E-state index in [1.165, 1.54) is 23.9 Å². The van der Waals surface area contributed by atoms with Crippen LogP contribution in [-0.2, 0) is 6.18 Å². The lowest BCUT2D eigenvalue weighted by Gasteiger charge is -2.10. The number of anilines is 3. The summed E-state index contributed by atoms with van der Waals surface area (Å²) in [7, 11) is 0. The fourth-order valence-corrected chi connectivity index (χ4v) is 1.92. The van der Waals surface area contributed by atoms with Crippen molar-refractivity contribution in [2.75, 3.05) is 17.0 Å². The molecule has 0 amide bonds. The van der Waals surface area contributed by atoms with Crippen LogP contribution in [0.4, 0.5) is 30.5 Å². The predicted molar refractivity (Wildman–Crippen MR) is 76.3 cm³/mol. The van der Waals surface area contributed by atoms with Crippen LogP contribution >= 0.6 is 11.8 Å². The average Bonchev–Trinajstić information content (AvgIpc) is 2.46. The Kier molecular flexibility index (Phi) is 4.53. The molecule has 0 bridgehead atoms. The highest BCUT2D eigenvalue weighted by atomic mass is 32.2. The molecule has 112 valence electrons. The smallest absolute Gasteiger partial charge is 0.340 e. The number of nitrogen functional groups attached to an aromatic ring is 1. The number of halogens is 3. The lowest BCUT2D eigenvalue weighted by molar-refractivity contribution is -0.137. The van der Waals surface area contributed by atoms with Crippen molar-refractivity contribution >= 4 is 29.1 Å². The Morgan fingerprint density at radius 3 is 2.24 bits per heavy atom. The van der Waals surface area contributed by atoms with Gasteiger partial charge in [0.2, 0.25) is 0 Å². The summed E-state index contributed by atoms with van der Waals surface area (Å²) in [6, 6.07) is 6.22. The molecule has 0 fully saturated rings. The Balaban J connectivity index is 2.22. The number of nitrogens with two attached hydrogens (primary N) is 1. The molecule has 5 nitrogen and oxygen atoms in total. The topological polar surface area (TPSA) is 75.9 Å². The maximum absolute atomic E-state index is 12.5. The van der Waals surface area contributed by atoms with Crippen molar-refractivity contribution in [1.29, 1.82) is 0 Å². The van der Waals surface area contributed by atoms with Gasteiger partial charge < -0.3 is 10.7 Å². The minimum atomic E-state index is -4.35. The third-order valence-electron chi connectivity index (χ3n) is 2.52. The van der Waals surface area contributed by atoms with E-state index in [-0.39, 0.29) is 0 Å². The molecule has 1 heterocycles. The first-order valence-corrected chi connectivity index (χ1v) is 6.99. The molecule has 0 radical (unpaired) electrons. The van der Waals surface area contributed by atoms with Crippen molar-refractivity contribution in [2.45, 2.75) is 11.3 Å². The molecule has 2 rings (SSSR count). The maximum Gasteiger partial charge on any atom is 0.416 e. The molecule has 0 saturated heterocycles. The summed E-state index contributed by atoms with van der Waals surface area (Å²) in [5.74, 6) is 6.14. The molecule has 1 aromatic heterocycles. The van der Waals surface area contributed by atoms with Crippen molar-refractivity contribution in [2.24, 2.45) is 5.84 Å². The minimum Gasteiger partial charge on any atom is -0.340 e. The summed E-state index contributed by atoms with van der Waals surface area (Å²) in [6.45, 7) is 0. The number of thioether (sulfide) groups is 1. The number of hydrogen-bond donors (Lipinski definition) is 3.